The monoisotopic (exact) mass is 373 g/mol. The molecule has 0 aliphatic rings. The molecular formula is C16H17ClFNO4S. The summed E-state index contributed by atoms with van der Waals surface area (Å²) in [4.78, 5) is -0.172. The van der Waals surface area contributed by atoms with Crippen molar-refractivity contribution in [1.82, 2.24) is 0 Å². The minimum atomic E-state index is -3.95. The summed E-state index contributed by atoms with van der Waals surface area (Å²) in [6.07, 6.45) is 0. The molecule has 0 saturated heterocycles. The lowest BCUT2D eigenvalue weighted by atomic mass is 10.3. The summed E-state index contributed by atoms with van der Waals surface area (Å²) in [5.74, 6) is -0.337. The summed E-state index contributed by atoms with van der Waals surface area (Å²) in [7, 11) is -1.17. The number of ether oxygens (including phenoxy) is 2. The highest BCUT2D eigenvalue weighted by Crippen LogP contribution is 2.32. The summed E-state index contributed by atoms with van der Waals surface area (Å²) < 4.78 is 50.5. The van der Waals surface area contributed by atoms with E-state index in [1.807, 2.05) is 0 Å². The highest BCUT2D eigenvalue weighted by atomic mass is 35.5. The van der Waals surface area contributed by atoms with E-state index in [1.165, 1.54) is 32.4 Å². The number of halogens is 2. The summed E-state index contributed by atoms with van der Waals surface area (Å²) in [6, 6.07) is 8.14. The molecule has 0 fully saturated rings. The second kappa shape index (κ2) is 7.27. The van der Waals surface area contributed by atoms with Crippen LogP contribution >= 0.6 is 11.6 Å². The lowest BCUT2D eigenvalue weighted by Gasteiger charge is -2.23. The number of anilines is 1. The van der Waals surface area contributed by atoms with Gasteiger partial charge in [0.15, 0.2) is 11.6 Å². The van der Waals surface area contributed by atoms with Crippen molar-refractivity contribution in [2.24, 2.45) is 0 Å². The molecule has 0 heterocycles. The van der Waals surface area contributed by atoms with E-state index in [9.17, 15) is 12.8 Å². The molecule has 0 saturated carbocycles. The molecule has 0 aliphatic carbocycles. The smallest absolute Gasteiger partial charge is 0.264 e. The maximum atomic E-state index is 13.9. The van der Waals surface area contributed by atoms with Gasteiger partial charge in [0.25, 0.3) is 10.0 Å². The van der Waals surface area contributed by atoms with Crippen LogP contribution in [-0.4, -0.2) is 29.2 Å². The minimum absolute atomic E-state index is 0.0236. The Morgan fingerprint density at radius 2 is 1.71 bits per heavy atom. The van der Waals surface area contributed by atoms with Gasteiger partial charge in [0.1, 0.15) is 5.75 Å². The predicted octanol–water partition coefficient (Wildman–Crippen LogP) is 3.71. The average molecular weight is 374 g/mol. The van der Waals surface area contributed by atoms with Gasteiger partial charge < -0.3 is 9.47 Å². The summed E-state index contributed by atoms with van der Waals surface area (Å²) >= 11 is 6.07. The quantitative estimate of drug-likeness (QED) is 0.774. The molecule has 0 aliphatic heterocycles. The first kappa shape index (κ1) is 18.4. The Kier molecular flexibility index (Phi) is 5.56. The summed E-state index contributed by atoms with van der Waals surface area (Å²) in [5.41, 5.74) is 0.361. The first-order chi connectivity index (χ1) is 11.3. The van der Waals surface area contributed by atoms with Crippen LogP contribution in [0.1, 0.15) is 6.92 Å². The van der Waals surface area contributed by atoms with E-state index in [0.29, 0.717) is 11.4 Å². The van der Waals surface area contributed by atoms with Crippen LogP contribution in [-0.2, 0) is 10.0 Å². The Labute approximate surface area is 145 Å². The molecule has 0 amide bonds. The Balaban J connectivity index is 2.49. The molecule has 2 aromatic rings. The SMILES string of the molecule is CCN(c1ccc(OC)c(Cl)c1)S(=O)(=O)c1ccc(OC)c(F)c1. The highest BCUT2D eigenvalue weighted by molar-refractivity contribution is 7.92. The van der Waals surface area contributed by atoms with Crippen molar-refractivity contribution >= 4 is 27.3 Å². The lowest BCUT2D eigenvalue weighted by molar-refractivity contribution is 0.385. The van der Waals surface area contributed by atoms with Gasteiger partial charge in [-0.3, -0.25) is 4.31 Å². The molecule has 24 heavy (non-hydrogen) atoms. The number of nitrogens with zero attached hydrogens (tertiary/aromatic N) is 1. The molecular weight excluding hydrogens is 357 g/mol. The van der Waals surface area contributed by atoms with Gasteiger partial charge in [-0.2, -0.15) is 0 Å². The molecule has 0 aromatic heterocycles. The van der Waals surface area contributed by atoms with Crippen LogP contribution in [0, 0.1) is 5.82 Å². The normalized spacial score (nSPS) is 11.2. The van der Waals surface area contributed by atoms with Crippen LogP contribution in [0.4, 0.5) is 10.1 Å². The van der Waals surface area contributed by atoms with Crippen LogP contribution in [0.2, 0.25) is 5.02 Å². The molecule has 130 valence electrons. The van der Waals surface area contributed by atoms with Crippen molar-refractivity contribution in [2.45, 2.75) is 11.8 Å². The van der Waals surface area contributed by atoms with Crippen molar-refractivity contribution in [1.29, 1.82) is 0 Å². The van der Waals surface area contributed by atoms with Gasteiger partial charge in [-0.25, -0.2) is 12.8 Å². The Hall–Kier alpha value is -1.99. The molecule has 5 nitrogen and oxygen atoms in total. The number of hydrogen-bond donors (Lipinski definition) is 0. The van der Waals surface area contributed by atoms with Gasteiger partial charge in [-0.05, 0) is 43.3 Å². The van der Waals surface area contributed by atoms with Crippen LogP contribution in [0.5, 0.6) is 11.5 Å². The van der Waals surface area contributed by atoms with Crippen molar-refractivity contribution in [3.8, 4) is 11.5 Å². The van der Waals surface area contributed by atoms with Crippen molar-refractivity contribution < 1.29 is 22.3 Å². The van der Waals surface area contributed by atoms with Gasteiger partial charge >= 0.3 is 0 Å². The molecule has 0 N–H and O–H groups in total. The fourth-order valence-electron chi connectivity index (χ4n) is 2.24. The zero-order valence-electron chi connectivity index (χ0n) is 13.4. The average Bonchev–Trinajstić information content (AvgIpc) is 2.55. The molecule has 0 bridgehead atoms. The minimum Gasteiger partial charge on any atom is -0.495 e. The third kappa shape index (κ3) is 3.42. The van der Waals surface area contributed by atoms with Crippen LogP contribution in [0.3, 0.4) is 0 Å². The summed E-state index contributed by atoms with van der Waals surface area (Å²) in [6.45, 7) is 1.83. The third-order valence-electron chi connectivity index (χ3n) is 3.42. The molecule has 8 heteroatoms. The second-order valence-electron chi connectivity index (χ2n) is 4.78. The van der Waals surface area contributed by atoms with Crippen molar-refractivity contribution in [3.63, 3.8) is 0 Å². The number of hydrogen-bond acceptors (Lipinski definition) is 4. The van der Waals surface area contributed by atoms with Gasteiger partial charge in [-0.15, -0.1) is 0 Å². The maximum Gasteiger partial charge on any atom is 0.264 e. The second-order valence-corrected chi connectivity index (χ2v) is 7.05. The maximum absolute atomic E-state index is 13.9. The van der Waals surface area contributed by atoms with E-state index in [0.717, 1.165) is 10.4 Å². The Morgan fingerprint density at radius 3 is 2.21 bits per heavy atom. The molecule has 2 rings (SSSR count). The van der Waals surface area contributed by atoms with Crippen LogP contribution in [0.15, 0.2) is 41.3 Å². The fraction of sp³-hybridized carbons (Fsp3) is 0.250. The molecule has 0 spiro atoms. The number of sulfonamides is 1. The van der Waals surface area contributed by atoms with Crippen LogP contribution in [0.25, 0.3) is 0 Å². The van der Waals surface area contributed by atoms with E-state index >= 15 is 0 Å². The van der Waals surface area contributed by atoms with E-state index in [4.69, 9.17) is 21.1 Å². The standard InChI is InChI=1S/C16H17ClFNO4S/c1-4-19(11-5-7-15(22-2)13(17)9-11)24(20,21)12-6-8-16(23-3)14(18)10-12/h5-10H,4H2,1-3H3. The van der Waals surface area contributed by atoms with Gasteiger partial charge in [0.2, 0.25) is 0 Å². The molecule has 0 unspecified atom stereocenters. The molecule has 0 atom stereocenters. The Morgan fingerprint density at radius 1 is 1.08 bits per heavy atom. The Bertz CT molecular complexity index is 842. The third-order valence-corrected chi connectivity index (χ3v) is 5.62. The first-order valence-corrected chi connectivity index (χ1v) is 8.86. The first-order valence-electron chi connectivity index (χ1n) is 7.05. The van der Waals surface area contributed by atoms with E-state index in [2.05, 4.69) is 0 Å². The van der Waals surface area contributed by atoms with E-state index in [-0.39, 0.29) is 22.2 Å². The van der Waals surface area contributed by atoms with E-state index in [1.54, 1.807) is 19.1 Å². The number of methoxy groups -OCH3 is 2. The van der Waals surface area contributed by atoms with E-state index < -0.39 is 15.8 Å². The summed E-state index contributed by atoms with van der Waals surface area (Å²) in [5, 5.41) is 0.282. The highest BCUT2D eigenvalue weighted by Gasteiger charge is 2.25. The predicted molar refractivity (Wildman–Crippen MR) is 91.2 cm³/mol. The fourth-order valence-corrected chi connectivity index (χ4v) is 3.97. The molecule has 0 radical (unpaired) electrons. The van der Waals surface area contributed by atoms with Gasteiger partial charge in [-0.1, -0.05) is 11.6 Å². The topological polar surface area (TPSA) is 55.8 Å². The lowest BCUT2D eigenvalue weighted by Crippen LogP contribution is -2.30. The number of rotatable bonds is 6. The molecule has 2 aromatic carbocycles. The van der Waals surface area contributed by atoms with Crippen molar-refractivity contribution in [2.75, 3.05) is 25.1 Å². The largest absolute Gasteiger partial charge is 0.495 e. The van der Waals surface area contributed by atoms with Gasteiger partial charge in [0, 0.05) is 6.54 Å². The van der Waals surface area contributed by atoms with Crippen LogP contribution < -0.4 is 13.8 Å². The van der Waals surface area contributed by atoms with Gasteiger partial charge in [0.05, 0.1) is 29.8 Å². The zero-order chi connectivity index (χ0) is 17.9. The van der Waals surface area contributed by atoms with Crippen molar-refractivity contribution in [3.05, 3.63) is 47.2 Å². The number of benzene rings is 2. The zero-order valence-corrected chi connectivity index (χ0v) is 15.0.